The van der Waals surface area contributed by atoms with Gasteiger partial charge in [0.15, 0.2) is 0 Å². The van der Waals surface area contributed by atoms with Gasteiger partial charge in [-0.05, 0) is 39.0 Å². The van der Waals surface area contributed by atoms with Gasteiger partial charge in [0, 0.05) is 13.2 Å². The van der Waals surface area contributed by atoms with Crippen molar-refractivity contribution in [2.45, 2.75) is 78.7 Å². The fourth-order valence-corrected chi connectivity index (χ4v) is 4.51. The molecule has 0 aliphatic heterocycles. The summed E-state index contributed by atoms with van der Waals surface area (Å²) in [4.78, 5) is 0. The SMILES string of the molecule is CCCCCCCCC(C)OP(=S)(OCCOCC)OCCOCC. The Labute approximate surface area is 160 Å². The summed E-state index contributed by atoms with van der Waals surface area (Å²) in [5.41, 5.74) is 0. The monoisotopic (exact) mass is 398 g/mol. The van der Waals surface area contributed by atoms with E-state index < -0.39 is 6.72 Å². The summed E-state index contributed by atoms with van der Waals surface area (Å²) < 4.78 is 28.1. The maximum absolute atomic E-state index is 6.00. The highest BCUT2D eigenvalue weighted by Crippen LogP contribution is 2.51. The molecule has 7 heteroatoms. The quantitative estimate of drug-likeness (QED) is 0.212. The van der Waals surface area contributed by atoms with Gasteiger partial charge in [-0.25, -0.2) is 0 Å². The Kier molecular flexibility index (Phi) is 18.2. The molecule has 0 aromatic heterocycles. The lowest BCUT2D eigenvalue weighted by Crippen LogP contribution is -2.13. The minimum atomic E-state index is -2.75. The minimum absolute atomic E-state index is 0.0381. The molecule has 1 unspecified atom stereocenters. The second-order valence-electron chi connectivity index (χ2n) is 5.98. The van der Waals surface area contributed by atoms with E-state index in [0.29, 0.717) is 39.6 Å². The molecule has 5 nitrogen and oxygen atoms in total. The van der Waals surface area contributed by atoms with Crippen molar-refractivity contribution in [3.8, 4) is 0 Å². The number of hydrogen-bond acceptors (Lipinski definition) is 6. The zero-order valence-corrected chi connectivity index (χ0v) is 18.4. The van der Waals surface area contributed by atoms with Gasteiger partial charge in [-0.2, -0.15) is 0 Å². The number of hydrogen-bond donors (Lipinski definition) is 0. The summed E-state index contributed by atoms with van der Waals surface area (Å²) in [6.07, 6.45) is 8.64. The van der Waals surface area contributed by atoms with Crippen molar-refractivity contribution in [1.29, 1.82) is 0 Å². The molecular formula is C18H39O5PS. The molecule has 0 saturated heterocycles. The molecule has 0 amide bonds. The van der Waals surface area contributed by atoms with Crippen molar-refractivity contribution in [2.75, 3.05) is 39.6 Å². The van der Waals surface area contributed by atoms with E-state index >= 15 is 0 Å². The van der Waals surface area contributed by atoms with Crippen LogP contribution in [0.4, 0.5) is 0 Å². The molecule has 25 heavy (non-hydrogen) atoms. The van der Waals surface area contributed by atoms with Crippen LogP contribution in [0.5, 0.6) is 0 Å². The molecule has 0 saturated carbocycles. The molecule has 0 heterocycles. The maximum atomic E-state index is 6.00. The van der Waals surface area contributed by atoms with Crippen LogP contribution in [0.25, 0.3) is 0 Å². The normalized spacial score (nSPS) is 13.3. The van der Waals surface area contributed by atoms with E-state index in [1.807, 2.05) is 20.8 Å². The van der Waals surface area contributed by atoms with Crippen LogP contribution >= 0.6 is 6.72 Å². The maximum Gasteiger partial charge on any atom is 0.327 e. The Morgan fingerprint density at radius 1 is 0.760 bits per heavy atom. The molecule has 0 aromatic rings. The number of unbranched alkanes of at least 4 members (excludes halogenated alkanes) is 5. The lowest BCUT2D eigenvalue weighted by Gasteiger charge is -2.25. The van der Waals surface area contributed by atoms with Crippen LogP contribution in [0.1, 0.15) is 72.6 Å². The molecule has 152 valence electrons. The highest BCUT2D eigenvalue weighted by atomic mass is 32.5. The summed E-state index contributed by atoms with van der Waals surface area (Å²) in [6.45, 7) is 8.54. The molecule has 1 atom stereocenters. The summed E-state index contributed by atoms with van der Waals surface area (Å²) >= 11 is 5.55. The van der Waals surface area contributed by atoms with E-state index in [1.54, 1.807) is 0 Å². The summed E-state index contributed by atoms with van der Waals surface area (Å²) in [5.74, 6) is 0. The fourth-order valence-electron chi connectivity index (χ4n) is 2.29. The first-order chi connectivity index (χ1) is 12.1. The van der Waals surface area contributed by atoms with E-state index in [2.05, 4.69) is 6.92 Å². The van der Waals surface area contributed by atoms with Gasteiger partial charge in [0.25, 0.3) is 0 Å². The Morgan fingerprint density at radius 3 is 1.80 bits per heavy atom. The highest BCUT2D eigenvalue weighted by Gasteiger charge is 2.23. The van der Waals surface area contributed by atoms with Gasteiger partial charge in [-0.15, -0.1) is 0 Å². The molecule has 0 aliphatic carbocycles. The van der Waals surface area contributed by atoms with Crippen molar-refractivity contribution >= 4 is 18.5 Å². The highest BCUT2D eigenvalue weighted by molar-refractivity contribution is 8.07. The summed E-state index contributed by atoms with van der Waals surface area (Å²) in [5, 5.41) is 0. The van der Waals surface area contributed by atoms with Crippen molar-refractivity contribution in [2.24, 2.45) is 0 Å². The Hall–Kier alpha value is 0.450. The first-order valence-electron chi connectivity index (χ1n) is 9.80. The molecule has 0 rings (SSSR count). The topological polar surface area (TPSA) is 46.2 Å². The largest absolute Gasteiger partial charge is 0.379 e. The molecule has 0 aliphatic rings. The Bertz CT molecular complexity index is 315. The minimum Gasteiger partial charge on any atom is -0.379 e. The molecule has 0 spiro atoms. The van der Waals surface area contributed by atoms with Gasteiger partial charge in [-0.1, -0.05) is 45.4 Å². The molecule has 0 aromatic carbocycles. The van der Waals surface area contributed by atoms with Gasteiger partial charge >= 0.3 is 6.72 Å². The van der Waals surface area contributed by atoms with Crippen molar-refractivity contribution in [1.82, 2.24) is 0 Å². The predicted molar refractivity (Wildman–Crippen MR) is 108 cm³/mol. The predicted octanol–water partition coefficient (Wildman–Crippen LogP) is 5.47. The van der Waals surface area contributed by atoms with Gasteiger partial charge < -0.3 is 23.0 Å². The standard InChI is InChI=1S/C18H39O5PS/c1-5-8-9-10-11-12-13-18(4)23-24(25,21-16-14-19-6-2)22-17-15-20-7-3/h18H,5-17H2,1-4H3. The van der Waals surface area contributed by atoms with Crippen molar-refractivity contribution in [3.05, 3.63) is 0 Å². The van der Waals surface area contributed by atoms with Gasteiger partial charge in [0.2, 0.25) is 0 Å². The third-order valence-electron chi connectivity index (χ3n) is 3.64. The fraction of sp³-hybridized carbons (Fsp3) is 1.00. The van der Waals surface area contributed by atoms with Crippen LogP contribution < -0.4 is 0 Å². The number of ether oxygens (including phenoxy) is 2. The second-order valence-corrected chi connectivity index (χ2v) is 8.94. The average Bonchev–Trinajstić information content (AvgIpc) is 2.59. The van der Waals surface area contributed by atoms with Crippen LogP contribution in [0, 0.1) is 0 Å². The van der Waals surface area contributed by atoms with E-state index in [0.717, 1.165) is 12.8 Å². The third kappa shape index (κ3) is 16.4. The molecular weight excluding hydrogens is 359 g/mol. The van der Waals surface area contributed by atoms with Crippen LogP contribution in [-0.4, -0.2) is 45.7 Å². The zero-order valence-electron chi connectivity index (χ0n) is 16.7. The third-order valence-corrected chi connectivity index (χ3v) is 6.14. The van der Waals surface area contributed by atoms with E-state index in [1.165, 1.54) is 32.1 Å². The molecule has 0 bridgehead atoms. The summed E-state index contributed by atoms with van der Waals surface area (Å²) in [7, 11) is 0. The average molecular weight is 399 g/mol. The van der Waals surface area contributed by atoms with E-state index in [9.17, 15) is 0 Å². The van der Waals surface area contributed by atoms with Crippen LogP contribution in [-0.2, 0) is 34.9 Å². The smallest absolute Gasteiger partial charge is 0.327 e. The van der Waals surface area contributed by atoms with Crippen molar-refractivity contribution < 1.29 is 23.0 Å². The van der Waals surface area contributed by atoms with Crippen LogP contribution in [0.3, 0.4) is 0 Å². The Balaban J connectivity index is 4.17. The summed E-state index contributed by atoms with van der Waals surface area (Å²) in [6, 6.07) is 0. The van der Waals surface area contributed by atoms with Gasteiger partial charge in [0.05, 0.1) is 32.5 Å². The molecule has 0 radical (unpaired) electrons. The van der Waals surface area contributed by atoms with E-state index in [-0.39, 0.29) is 6.10 Å². The van der Waals surface area contributed by atoms with Crippen LogP contribution in [0.2, 0.25) is 0 Å². The molecule has 0 fully saturated rings. The van der Waals surface area contributed by atoms with Crippen molar-refractivity contribution in [3.63, 3.8) is 0 Å². The first kappa shape index (κ1) is 25.4. The van der Waals surface area contributed by atoms with Crippen LogP contribution in [0.15, 0.2) is 0 Å². The van der Waals surface area contributed by atoms with Gasteiger partial charge in [-0.3, -0.25) is 0 Å². The lowest BCUT2D eigenvalue weighted by molar-refractivity contribution is 0.0590. The van der Waals surface area contributed by atoms with E-state index in [4.69, 9.17) is 34.9 Å². The number of rotatable bonds is 19. The first-order valence-corrected chi connectivity index (χ1v) is 12.4. The lowest BCUT2D eigenvalue weighted by atomic mass is 10.1. The second kappa shape index (κ2) is 17.8. The molecule has 0 N–H and O–H groups in total. The van der Waals surface area contributed by atoms with Gasteiger partial charge in [0.1, 0.15) is 0 Å². The zero-order chi connectivity index (χ0) is 18.8. The Morgan fingerprint density at radius 2 is 1.28 bits per heavy atom.